The number of hydrogen-bond acceptors (Lipinski definition) is 2. The summed E-state index contributed by atoms with van der Waals surface area (Å²) in [6.45, 7) is 0. The second kappa shape index (κ2) is 4.32. The minimum Gasteiger partial charge on any atom is -0.545 e. The van der Waals surface area contributed by atoms with E-state index in [0.717, 1.165) is 32.3 Å². The van der Waals surface area contributed by atoms with Crippen LogP contribution in [0.2, 0.25) is 0 Å². The van der Waals surface area contributed by atoms with E-state index in [1.807, 2.05) is 60.7 Å². The molecule has 0 bridgehead atoms. The molecule has 0 aliphatic rings. The lowest BCUT2D eigenvalue weighted by atomic mass is 9.93. The average Bonchev–Trinajstić information content (AvgIpc) is 2.53. The number of carbonyl (C=O) groups is 1. The monoisotopic (exact) mass is 271 g/mol. The summed E-state index contributed by atoms with van der Waals surface area (Å²) >= 11 is 0. The Balaban J connectivity index is 2.36. The first-order valence-corrected chi connectivity index (χ1v) is 6.80. The standard InChI is InChI=1S/C19H12O2/c20-19(21)17-11-13-6-2-3-7-14(13)16-10-9-12-5-1-4-8-15(12)18(16)17/h1-11H,(H,20,21)/p-1. The molecule has 21 heavy (non-hydrogen) atoms. The Labute approximate surface area is 121 Å². The molecular formula is C19H11O2-. The number of aromatic carboxylic acids is 1. The molecule has 0 heterocycles. The molecule has 2 nitrogen and oxygen atoms in total. The van der Waals surface area contributed by atoms with E-state index in [0.29, 0.717) is 0 Å². The molecular weight excluding hydrogens is 260 g/mol. The molecule has 0 N–H and O–H groups in total. The summed E-state index contributed by atoms with van der Waals surface area (Å²) < 4.78 is 0. The summed E-state index contributed by atoms with van der Waals surface area (Å²) in [5.74, 6) is -1.14. The predicted molar refractivity (Wildman–Crippen MR) is 83.3 cm³/mol. The van der Waals surface area contributed by atoms with Crippen molar-refractivity contribution in [3.63, 3.8) is 0 Å². The van der Waals surface area contributed by atoms with E-state index >= 15 is 0 Å². The third kappa shape index (κ3) is 1.69. The topological polar surface area (TPSA) is 40.1 Å². The first-order valence-electron chi connectivity index (χ1n) is 6.80. The van der Waals surface area contributed by atoms with Crippen molar-refractivity contribution in [1.82, 2.24) is 0 Å². The van der Waals surface area contributed by atoms with E-state index in [9.17, 15) is 9.90 Å². The molecule has 0 radical (unpaired) electrons. The molecule has 0 saturated heterocycles. The lowest BCUT2D eigenvalue weighted by Gasteiger charge is -2.13. The molecule has 0 aromatic heterocycles. The molecule has 4 aromatic rings. The quantitative estimate of drug-likeness (QED) is 0.497. The molecule has 2 heteroatoms. The van der Waals surface area contributed by atoms with Gasteiger partial charge in [0.2, 0.25) is 0 Å². The second-order valence-electron chi connectivity index (χ2n) is 5.14. The third-order valence-electron chi connectivity index (χ3n) is 3.97. The fourth-order valence-corrected chi connectivity index (χ4v) is 3.04. The van der Waals surface area contributed by atoms with Gasteiger partial charge in [0.15, 0.2) is 0 Å². The number of carboxylic acid groups (broad SMARTS) is 1. The Bertz CT molecular complexity index is 1020. The van der Waals surface area contributed by atoms with Gasteiger partial charge in [-0.3, -0.25) is 0 Å². The summed E-state index contributed by atoms with van der Waals surface area (Å²) in [6.07, 6.45) is 0. The lowest BCUT2D eigenvalue weighted by molar-refractivity contribution is -0.254. The first-order chi connectivity index (χ1) is 10.3. The smallest absolute Gasteiger partial charge is 0.0722 e. The van der Waals surface area contributed by atoms with Gasteiger partial charge in [0, 0.05) is 5.56 Å². The molecule has 0 spiro atoms. The van der Waals surface area contributed by atoms with Crippen molar-refractivity contribution in [2.75, 3.05) is 0 Å². The summed E-state index contributed by atoms with van der Waals surface area (Å²) in [4.78, 5) is 11.6. The van der Waals surface area contributed by atoms with Crippen molar-refractivity contribution in [2.24, 2.45) is 0 Å². The molecule has 0 saturated carbocycles. The Morgan fingerprint density at radius 3 is 2.14 bits per heavy atom. The van der Waals surface area contributed by atoms with Crippen LogP contribution in [0.1, 0.15) is 10.4 Å². The summed E-state index contributed by atoms with van der Waals surface area (Å²) in [5.41, 5.74) is 0.250. The van der Waals surface area contributed by atoms with E-state index < -0.39 is 5.97 Å². The van der Waals surface area contributed by atoms with Crippen molar-refractivity contribution in [1.29, 1.82) is 0 Å². The number of carboxylic acids is 1. The van der Waals surface area contributed by atoms with E-state index in [-0.39, 0.29) is 5.56 Å². The largest absolute Gasteiger partial charge is 0.545 e. The van der Waals surface area contributed by atoms with Crippen LogP contribution >= 0.6 is 0 Å². The van der Waals surface area contributed by atoms with Crippen LogP contribution in [0.5, 0.6) is 0 Å². The molecule has 0 aliphatic carbocycles. The van der Waals surface area contributed by atoms with Crippen molar-refractivity contribution in [3.05, 3.63) is 72.3 Å². The highest BCUT2D eigenvalue weighted by Crippen LogP contribution is 2.33. The van der Waals surface area contributed by atoms with Crippen LogP contribution < -0.4 is 5.11 Å². The normalized spacial score (nSPS) is 11.2. The first kappa shape index (κ1) is 11.9. The Hall–Kier alpha value is -2.87. The van der Waals surface area contributed by atoms with Gasteiger partial charge >= 0.3 is 0 Å². The maximum absolute atomic E-state index is 11.6. The van der Waals surface area contributed by atoms with Crippen LogP contribution in [0.25, 0.3) is 32.3 Å². The van der Waals surface area contributed by atoms with Gasteiger partial charge in [-0.05, 0) is 38.4 Å². The van der Waals surface area contributed by atoms with Gasteiger partial charge in [-0.15, -0.1) is 0 Å². The third-order valence-corrected chi connectivity index (χ3v) is 3.97. The molecule has 0 fully saturated rings. The molecule has 4 rings (SSSR count). The van der Waals surface area contributed by atoms with Crippen molar-refractivity contribution in [2.45, 2.75) is 0 Å². The van der Waals surface area contributed by atoms with Crippen LogP contribution in [-0.4, -0.2) is 5.97 Å². The van der Waals surface area contributed by atoms with E-state index in [1.54, 1.807) is 6.07 Å². The van der Waals surface area contributed by atoms with Crippen LogP contribution in [0.3, 0.4) is 0 Å². The van der Waals surface area contributed by atoms with Gasteiger partial charge < -0.3 is 9.90 Å². The summed E-state index contributed by atoms with van der Waals surface area (Å²) in [5, 5.41) is 17.2. The van der Waals surface area contributed by atoms with E-state index in [1.165, 1.54) is 0 Å². The van der Waals surface area contributed by atoms with Crippen molar-refractivity contribution >= 4 is 38.3 Å². The van der Waals surface area contributed by atoms with Crippen molar-refractivity contribution in [3.8, 4) is 0 Å². The molecule has 0 atom stereocenters. The fraction of sp³-hybridized carbons (Fsp3) is 0. The highest BCUT2D eigenvalue weighted by atomic mass is 16.4. The molecule has 4 aromatic carbocycles. The lowest BCUT2D eigenvalue weighted by Crippen LogP contribution is -2.22. The van der Waals surface area contributed by atoms with Crippen LogP contribution in [0.15, 0.2) is 66.7 Å². The number of fused-ring (bicyclic) bond motifs is 5. The Morgan fingerprint density at radius 1 is 0.714 bits per heavy atom. The summed E-state index contributed by atoms with van der Waals surface area (Å²) in [6, 6.07) is 21.4. The maximum Gasteiger partial charge on any atom is 0.0722 e. The van der Waals surface area contributed by atoms with Gasteiger partial charge in [0.1, 0.15) is 0 Å². The van der Waals surface area contributed by atoms with Gasteiger partial charge in [0.05, 0.1) is 5.97 Å². The van der Waals surface area contributed by atoms with E-state index in [2.05, 4.69) is 0 Å². The number of rotatable bonds is 1. The minimum atomic E-state index is -1.14. The predicted octanol–water partition coefficient (Wildman–Crippen LogP) is 3.51. The maximum atomic E-state index is 11.6. The van der Waals surface area contributed by atoms with Crippen LogP contribution in [0.4, 0.5) is 0 Å². The van der Waals surface area contributed by atoms with Gasteiger partial charge in [0.25, 0.3) is 0 Å². The zero-order valence-corrected chi connectivity index (χ0v) is 11.2. The molecule has 0 unspecified atom stereocenters. The van der Waals surface area contributed by atoms with Gasteiger partial charge in [-0.2, -0.15) is 0 Å². The van der Waals surface area contributed by atoms with E-state index in [4.69, 9.17) is 0 Å². The zero-order chi connectivity index (χ0) is 14.4. The number of carbonyl (C=O) groups excluding carboxylic acids is 1. The number of hydrogen-bond donors (Lipinski definition) is 0. The second-order valence-corrected chi connectivity index (χ2v) is 5.14. The minimum absolute atomic E-state index is 0.250. The molecule has 0 aliphatic heterocycles. The average molecular weight is 271 g/mol. The zero-order valence-electron chi connectivity index (χ0n) is 11.2. The van der Waals surface area contributed by atoms with Crippen molar-refractivity contribution < 1.29 is 9.90 Å². The SMILES string of the molecule is O=C([O-])c1cc2ccccc2c2ccc3ccccc3c12. The van der Waals surface area contributed by atoms with Crippen LogP contribution in [0, 0.1) is 0 Å². The van der Waals surface area contributed by atoms with Gasteiger partial charge in [-0.25, -0.2) is 0 Å². The molecule has 0 amide bonds. The Morgan fingerprint density at radius 2 is 1.38 bits per heavy atom. The van der Waals surface area contributed by atoms with Gasteiger partial charge in [-0.1, -0.05) is 60.7 Å². The fourth-order valence-electron chi connectivity index (χ4n) is 3.04. The Kier molecular flexibility index (Phi) is 2.45. The molecule has 100 valence electrons. The highest BCUT2D eigenvalue weighted by Gasteiger charge is 2.10. The highest BCUT2D eigenvalue weighted by molar-refractivity contribution is 6.23. The summed E-state index contributed by atoms with van der Waals surface area (Å²) in [7, 11) is 0. The van der Waals surface area contributed by atoms with Crippen LogP contribution in [-0.2, 0) is 0 Å². The number of benzene rings is 4.